The van der Waals surface area contributed by atoms with Crippen molar-refractivity contribution in [2.24, 2.45) is 0 Å². The molecule has 5 nitrogen and oxygen atoms in total. The molecule has 2 unspecified atom stereocenters. The summed E-state index contributed by atoms with van der Waals surface area (Å²) in [6.45, 7) is 6.11. The molecule has 6 heteroatoms. The van der Waals surface area contributed by atoms with Gasteiger partial charge in [-0.15, -0.1) is 0 Å². The van der Waals surface area contributed by atoms with E-state index in [4.69, 9.17) is 0 Å². The summed E-state index contributed by atoms with van der Waals surface area (Å²) in [5.74, 6) is -0.313. The average molecular weight is 366 g/mol. The number of aromatic nitrogens is 3. The van der Waals surface area contributed by atoms with E-state index >= 15 is 4.39 Å². The largest absolute Gasteiger partial charge is 0.387 e. The number of nitrogens with zero attached hydrogens (tertiary/aromatic N) is 3. The van der Waals surface area contributed by atoms with E-state index in [1.165, 1.54) is 0 Å². The molecule has 0 bridgehead atoms. The molecule has 1 aliphatic heterocycles. The molecule has 2 N–H and O–H groups in total. The first kappa shape index (κ1) is 16.7. The lowest BCUT2D eigenvalue weighted by Gasteiger charge is -2.55. The van der Waals surface area contributed by atoms with Crippen LogP contribution in [0.4, 0.5) is 10.1 Å². The van der Waals surface area contributed by atoms with Gasteiger partial charge in [0.05, 0.1) is 29.2 Å². The molecule has 0 saturated heterocycles. The van der Waals surface area contributed by atoms with Gasteiger partial charge < -0.3 is 10.4 Å². The number of anilines is 1. The predicted molar refractivity (Wildman–Crippen MR) is 102 cm³/mol. The van der Waals surface area contributed by atoms with E-state index in [9.17, 15) is 5.11 Å². The van der Waals surface area contributed by atoms with Crippen LogP contribution in [-0.2, 0) is 5.41 Å². The van der Waals surface area contributed by atoms with Gasteiger partial charge in [0.15, 0.2) is 5.65 Å². The van der Waals surface area contributed by atoms with Crippen molar-refractivity contribution >= 4 is 11.3 Å². The molecular formula is C21H23FN4O. The van der Waals surface area contributed by atoms with Crippen LogP contribution in [0.2, 0.25) is 0 Å². The third-order valence-corrected chi connectivity index (χ3v) is 6.90. The van der Waals surface area contributed by atoms with E-state index in [1.807, 2.05) is 24.3 Å². The summed E-state index contributed by atoms with van der Waals surface area (Å²) in [5, 5.41) is 15.0. The number of rotatable bonds is 1. The van der Waals surface area contributed by atoms with Gasteiger partial charge in [0.25, 0.3) is 0 Å². The first-order valence-electron chi connectivity index (χ1n) is 9.39. The lowest BCUT2D eigenvalue weighted by Crippen LogP contribution is -2.65. The zero-order valence-corrected chi connectivity index (χ0v) is 15.8. The Balaban J connectivity index is 1.78. The number of hydrogen-bond donors (Lipinski definition) is 2. The molecule has 0 spiro atoms. The van der Waals surface area contributed by atoms with Crippen molar-refractivity contribution in [3.63, 3.8) is 0 Å². The number of hydrogen-bond acceptors (Lipinski definition) is 4. The second kappa shape index (κ2) is 5.07. The molecule has 3 heterocycles. The fourth-order valence-corrected chi connectivity index (χ4v) is 5.36. The van der Waals surface area contributed by atoms with Crippen molar-refractivity contribution in [3.8, 4) is 11.3 Å². The summed E-state index contributed by atoms with van der Waals surface area (Å²) in [4.78, 5) is 8.46. The van der Waals surface area contributed by atoms with Crippen LogP contribution in [0, 0.1) is 5.82 Å². The molecule has 2 aliphatic rings. The molecule has 2 atom stereocenters. The minimum atomic E-state index is -0.888. The van der Waals surface area contributed by atoms with E-state index in [0.29, 0.717) is 16.9 Å². The Hall–Kier alpha value is -2.47. The fourth-order valence-electron chi connectivity index (χ4n) is 5.36. The summed E-state index contributed by atoms with van der Waals surface area (Å²) in [7, 11) is 0. The summed E-state index contributed by atoms with van der Waals surface area (Å²) >= 11 is 0. The van der Waals surface area contributed by atoms with E-state index in [1.54, 1.807) is 30.9 Å². The van der Waals surface area contributed by atoms with Gasteiger partial charge in [-0.25, -0.2) is 9.37 Å². The van der Waals surface area contributed by atoms with Crippen molar-refractivity contribution < 1.29 is 9.50 Å². The zero-order chi connectivity index (χ0) is 19.0. The Labute approximate surface area is 157 Å². The number of benzene rings is 1. The molecule has 1 aliphatic carbocycles. The number of fused-ring (bicyclic) bond motifs is 4. The van der Waals surface area contributed by atoms with Crippen molar-refractivity contribution in [1.29, 1.82) is 0 Å². The number of aliphatic hydroxyl groups is 1. The Bertz CT molecular complexity index is 1080. The van der Waals surface area contributed by atoms with E-state index in [0.717, 1.165) is 30.5 Å². The second-order valence-electron chi connectivity index (χ2n) is 8.62. The Morgan fingerprint density at radius 2 is 2.00 bits per heavy atom. The van der Waals surface area contributed by atoms with Gasteiger partial charge in [-0.3, -0.25) is 9.38 Å². The maximum atomic E-state index is 15.1. The van der Waals surface area contributed by atoms with E-state index in [2.05, 4.69) is 22.2 Å². The third-order valence-electron chi connectivity index (χ3n) is 6.90. The highest BCUT2D eigenvalue weighted by molar-refractivity contribution is 5.72. The molecule has 3 aromatic rings. The molecule has 2 aromatic heterocycles. The minimum Gasteiger partial charge on any atom is -0.387 e. The first-order valence-corrected chi connectivity index (χ1v) is 9.39. The van der Waals surface area contributed by atoms with Crippen LogP contribution in [0.25, 0.3) is 16.9 Å². The molecule has 1 fully saturated rings. The van der Waals surface area contributed by atoms with Gasteiger partial charge in [-0.1, -0.05) is 6.92 Å². The van der Waals surface area contributed by atoms with Crippen molar-refractivity contribution in [3.05, 3.63) is 48.3 Å². The van der Waals surface area contributed by atoms with Crippen LogP contribution < -0.4 is 5.32 Å². The van der Waals surface area contributed by atoms with Gasteiger partial charge in [0.2, 0.25) is 0 Å². The quantitative estimate of drug-likeness (QED) is 0.685. The maximum Gasteiger partial charge on any atom is 0.155 e. The fraction of sp³-hybridized carbons (Fsp3) is 0.429. The lowest BCUT2D eigenvalue weighted by molar-refractivity contribution is -0.0628. The normalized spacial score (nSPS) is 28.6. The van der Waals surface area contributed by atoms with Gasteiger partial charge >= 0.3 is 0 Å². The van der Waals surface area contributed by atoms with Crippen LogP contribution in [0.15, 0.2) is 36.9 Å². The van der Waals surface area contributed by atoms with Gasteiger partial charge in [0, 0.05) is 29.1 Å². The smallest absolute Gasteiger partial charge is 0.155 e. The van der Waals surface area contributed by atoms with E-state index in [-0.39, 0.29) is 5.82 Å². The van der Waals surface area contributed by atoms with Gasteiger partial charge in [-0.2, -0.15) is 0 Å². The SMILES string of the molecule is CC1(C)Nc2cc(F)c(-c3cncc4nccn34)cc2C2(C)CCCC12O. The Morgan fingerprint density at radius 3 is 2.81 bits per heavy atom. The molecule has 5 rings (SSSR count). The highest BCUT2D eigenvalue weighted by Gasteiger charge is 2.62. The number of imidazole rings is 1. The molecule has 27 heavy (non-hydrogen) atoms. The van der Waals surface area contributed by atoms with Gasteiger partial charge in [0.1, 0.15) is 5.82 Å². The number of halogens is 1. The van der Waals surface area contributed by atoms with Crippen molar-refractivity contribution in [1.82, 2.24) is 14.4 Å². The molecule has 0 radical (unpaired) electrons. The highest BCUT2D eigenvalue weighted by atomic mass is 19.1. The maximum absolute atomic E-state index is 15.1. The van der Waals surface area contributed by atoms with E-state index < -0.39 is 16.6 Å². The highest BCUT2D eigenvalue weighted by Crippen LogP contribution is 2.59. The van der Waals surface area contributed by atoms with Crippen molar-refractivity contribution in [2.75, 3.05) is 5.32 Å². The van der Waals surface area contributed by atoms with Crippen LogP contribution in [0.5, 0.6) is 0 Å². The lowest BCUT2D eigenvalue weighted by atomic mass is 9.60. The third kappa shape index (κ3) is 1.96. The second-order valence-corrected chi connectivity index (χ2v) is 8.62. The molecule has 1 saturated carbocycles. The number of nitrogens with one attached hydrogen (secondary N) is 1. The van der Waals surface area contributed by atoms with Crippen LogP contribution >= 0.6 is 0 Å². The Morgan fingerprint density at radius 1 is 1.19 bits per heavy atom. The summed E-state index contributed by atoms with van der Waals surface area (Å²) in [6.07, 6.45) is 9.35. The average Bonchev–Trinajstić information content (AvgIpc) is 3.20. The molecule has 140 valence electrons. The van der Waals surface area contributed by atoms with Gasteiger partial charge in [-0.05, 0) is 50.8 Å². The van der Waals surface area contributed by atoms with Crippen LogP contribution in [-0.4, -0.2) is 30.6 Å². The summed E-state index contributed by atoms with van der Waals surface area (Å²) in [5.41, 5.74) is 1.67. The summed E-state index contributed by atoms with van der Waals surface area (Å²) in [6, 6.07) is 3.45. The van der Waals surface area contributed by atoms with Crippen LogP contribution in [0.1, 0.15) is 45.6 Å². The Kier molecular flexibility index (Phi) is 3.13. The first-order chi connectivity index (χ1) is 12.8. The minimum absolute atomic E-state index is 0.313. The van der Waals surface area contributed by atoms with Crippen LogP contribution in [0.3, 0.4) is 0 Å². The molecule has 0 amide bonds. The van der Waals surface area contributed by atoms with Crippen molar-refractivity contribution in [2.45, 2.75) is 56.6 Å². The topological polar surface area (TPSA) is 62.5 Å². The zero-order valence-electron chi connectivity index (χ0n) is 15.8. The monoisotopic (exact) mass is 366 g/mol. The molecule has 1 aromatic carbocycles. The molecular weight excluding hydrogens is 343 g/mol. The standard InChI is InChI=1S/C21H23FN4O/c1-19(2)21(27)6-4-5-20(21,3)14-9-13(15(22)10-16(14)25-19)17-11-23-12-18-24-7-8-26(17)18/h7-12,25,27H,4-6H2,1-3H3. The predicted octanol–water partition coefficient (Wildman–Crippen LogP) is 3.91. The summed E-state index contributed by atoms with van der Waals surface area (Å²) < 4.78 is 17.0.